The van der Waals surface area contributed by atoms with E-state index in [4.69, 9.17) is 10.5 Å². The molecular weight excluding hydrogens is 258 g/mol. The first-order chi connectivity index (χ1) is 9.11. The highest BCUT2D eigenvalue weighted by Gasteiger charge is 2.24. The van der Waals surface area contributed by atoms with Crippen molar-refractivity contribution < 1.29 is 4.74 Å². The molecule has 108 valence electrons. The maximum Gasteiger partial charge on any atom is 0.198 e. The third-order valence-corrected chi connectivity index (χ3v) is 4.51. The molecule has 1 saturated heterocycles. The van der Waals surface area contributed by atoms with Gasteiger partial charge in [-0.2, -0.15) is 4.37 Å². The summed E-state index contributed by atoms with van der Waals surface area (Å²) < 4.78 is 10.1. The number of rotatable bonds is 5. The number of piperidine rings is 1. The minimum atomic E-state index is 0.134. The number of nitrogens with zero attached hydrogens (tertiary/aromatic N) is 2. The Bertz CT molecular complexity index is 397. The first kappa shape index (κ1) is 14.4. The van der Waals surface area contributed by atoms with Gasteiger partial charge < -0.3 is 15.4 Å². The van der Waals surface area contributed by atoms with Crippen LogP contribution in [0, 0.1) is 5.92 Å². The second-order valence-electron chi connectivity index (χ2n) is 5.59. The van der Waals surface area contributed by atoms with Crippen LogP contribution in [0.3, 0.4) is 0 Å². The van der Waals surface area contributed by atoms with E-state index >= 15 is 0 Å². The summed E-state index contributed by atoms with van der Waals surface area (Å²) in [6.45, 7) is 8.51. The second-order valence-corrected chi connectivity index (χ2v) is 6.34. The molecule has 0 radical (unpaired) electrons. The monoisotopic (exact) mass is 283 g/mol. The van der Waals surface area contributed by atoms with Crippen molar-refractivity contribution in [1.82, 2.24) is 4.37 Å². The Labute approximate surface area is 120 Å². The van der Waals surface area contributed by atoms with Crippen molar-refractivity contribution in [2.45, 2.75) is 52.6 Å². The molecule has 0 amide bonds. The minimum absolute atomic E-state index is 0.134. The maximum absolute atomic E-state index is 5.92. The summed E-state index contributed by atoms with van der Waals surface area (Å²) in [6.07, 6.45) is 5.32. The first-order valence-electron chi connectivity index (χ1n) is 7.28. The fourth-order valence-corrected chi connectivity index (χ4v) is 3.47. The average molecular weight is 283 g/mol. The van der Waals surface area contributed by atoms with Gasteiger partial charge in [0.15, 0.2) is 16.6 Å². The van der Waals surface area contributed by atoms with Crippen molar-refractivity contribution in [2.75, 3.05) is 23.7 Å². The predicted octanol–water partition coefficient (Wildman–Crippen LogP) is 3.53. The molecule has 1 aliphatic rings. The van der Waals surface area contributed by atoms with Crippen LogP contribution < -0.4 is 15.4 Å². The Morgan fingerprint density at radius 2 is 2.11 bits per heavy atom. The average Bonchev–Trinajstić information content (AvgIpc) is 2.72. The molecule has 4 nitrogen and oxygen atoms in total. The molecule has 2 rings (SSSR count). The first-order valence-corrected chi connectivity index (χ1v) is 8.05. The van der Waals surface area contributed by atoms with Crippen molar-refractivity contribution in [2.24, 2.45) is 5.92 Å². The maximum atomic E-state index is 5.92. The summed E-state index contributed by atoms with van der Waals surface area (Å²) in [6, 6.07) is 0. The molecule has 0 atom stereocenters. The van der Waals surface area contributed by atoms with E-state index in [9.17, 15) is 0 Å². The van der Waals surface area contributed by atoms with Gasteiger partial charge in [-0.3, -0.25) is 0 Å². The quantitative estimate of drug-likeness (QED) is 0.898. The highest BCUT2D eigenvalue weighted by atomic mass is 32.1. The van der Waals surface area contributed by atoms with E-state index in [2.05, 4.69) is 16.2 Å². The molecule has 1 aromatic heterocycles. The van der Waals surface area contributed by atoms with Gasteiger partial charge in [0, 0.05) is 13.1 Å². The van der Waals surface area contributed by atoms with Gasteiger partial charge in [0.25, 0.3) is 0 Å². The molecule has 1 aliphatic heterocycles. The summed E-state index contributed by atoms with van der Waals surface area (Å²) >= 11 is 1.47. The summed E-state index contributed by atoms with van der Waals surface area (Å²) in [5, 5.41) is 1.11. The summed E-state index contributed by atoms with van der Waals surface area (Å²) in [4.78, 5) is 2.39. The van der Waals surface area contributed by atoms with Gasteiger partial charge in [-0.25, -0.2) is 0 Å². The predicted molar refractivity (Wildman–Crippen MR) is 82.1 cm³/mol. The topological polar surface area (TPSA) is 51.4 Å². The van der Waals surface area contributed by atoms with Crippen LogP contribution in [0.1, 0.15) is 46.5 Å². The highest BCUT2D eigenvalue weighted by molar-refractivity contribution is 7.11. The van der Waals surface area contributed by atoms with Crippen molar-refractivity contribution in [3.8, 4) is 5.75 Å². The molecule has 0 bridgehead atoms. The van der Waals surface area contributed by atoms with Crippen LogP contribution in [-0.2, 0) is 0 Å². The minimum Gasteiger partial charge on any atom is -0.484 e. The van der Waals surface area contributed by atoms with Gasteiger partial charge in [0.2, 0.25) is 0 Å². The highest BCUT2D eigenvalue weighted by Crippen LogP contribution is 2.40. The third-order valence-electron chi connectivity index (χ3n) is 3.61. The second kappa shape index (κ2) is 6.46. The largest absolute Gasteiger partial charge is 0.484 e. The molecule has 0 spiro atoms. The van der Waals surface area contributed by atoms with E-state index in [1.165, 1.54) is 37.2 Å². The number of anilines is 2. The zero-order chi connectivity index (χ0) is 13.8. The molecule has 2 heterocycles. The Hall–Kier alpha value is -0.970. The molecule has 0 saturated carbocycles. The van der Waals surface area contributed by atoms with Gasteiger partial charge in [-0.15, -0.1) is 0 Å². The third kappa shape index (κ3) is 3.53. The summed E-state index contributed by atoms with van der Waals surface area (Å²) in [7, 11) is 0. The number of aromatic nitrogens is 1. The van der Waals surface area contributed by atoms with Crippen LogP contribution in [0.5, 0.6) is 5.75 Å². The molecule has 0 unspecified atom stereocenters. The fraction of sp³-hybridized carbons (Fsp3) is 0.786. The molecule has 19 heavy (non-hydrogen) atoms. The van der Waals surface area contributed by atoms with E-state index in [1.807, 2.05) is 13.8 Å². The Kier molecular flexibility index (Phi) is 4.91. The lowest BCUT2D eigenvalue weighted by Gasteiger charge is -2.32. The molecule has 0 aliphatic carbocycles. The number of ether oxygens (including phenoxy) is 1. The molecule has 2 N–H and O–H groups in total. The Balaban J connectivity index is 2.03. The van der Waals surface area contributed by atoms with Crippen molar-refractivity contribution in [1.29, 1.82) is 0 Å². The molecule has 5 heteroatoms. The molecule has 0 aromatic carbocycles. The van der Waals surface area contributed by atoms with Gasteiger partial charge >= 0.3 is 0 Å². The van der Waals surface area contributed by atoms with Crippen LogP contribution in [0.4, 0.5) is 10.8 Å². The van der Waals surface area contributed by atoms with Crippen LogP contribution in [0.25, 0.3) is 0 Å². The number of nitrogens with two attached hydrogens (primary N) is 1. The van der Waals surface area contributed by atoms with E-state index in [1.54, 1.807) is 0 Å². The lowest BCUT2D eigenvalue weighted by molar-refractivity contribution is 0.244. The van der Waals surface area contributed by atoms with Crippen LogP contribution >= 0.6 is 11.5 Å². The van der Waals surface area contributed by atoms with Gasteiger partial charge in [0.05, 0.1) is 6.10 Å². The smallest absolute Gasteiger partial charge is 0.198 e. The molecule has 1 fully saturated rings. The Morgan fingerprint density at radius 3 is 2.68 bits per heavy atom. The lowest BCUT2D eigenvalue weighted by Crippen LogP contribution is -2.33. The fourth-order valence-electron chi connectivity index (χ4n) is 2.67. The van der Waals surface area contributed by atoms with Crippen molar-refractivity contribution in [3.63, 3.8) is 0 Å². The van der Waals surface area contributed by atoms with Crippen LogP contribution in [0.15, 0.2) is 0 Å². The van der Waals surface area contributed by atoms with Crippen LogP contribution in [-0.4, -0.2) is 23.6 Å². The Morgan fingerprint density at radius 1 is 1.42 bits per heavy atom. The zero-order valence-corrected chi connectivity index (χ0v) is 13.0. The lowest BCUT2D eigenvalue weighted by atomic mass is 9.93. The van der Waals surface area contributed by atoms with Crippen molar-refractivity contribution in [3.05, 3.63) is 0 Å². The van der Waals surface area contributed by atoms with E-state index in [0.717, 1.165) is 29.8 Å². The van der Waals surface area contributed by atoms with E-state index in [0.29, 0.717) is 5.82 Å². The van der Waals surface area contributed by atoms with E-state index in [-0.39, 0.29) is 6.10 Å². The van der Waals surface area contributed by atoms with Gasteiger partial charge in [0.1, 0.15) is 0 Å². The standard InChI is InChI=1S/C14H25N3OS/c1-4-5-11-6-8-17(9-7-11)14-12(18-10(2)3)13(15)16-19-14/h10-11H,4-9H2,1-3H3,(H2,15,16). The van der Waals surface area contributed by atoms with Gasteiger partial charge in [-0.05, 0) is 44.1 Å². The molecule has 1 aromatic rings. The van der Waals surface area contributed by atoms with Gasteiger partial charge in [-0.1, -0.05) is 19.8 Å². The SMILES string of the molecule is CCCC1CCN(c2snc(N)c2OC(C)C)CC1. The number of hydrogen-bond donors (Lipinski definition) is 1. The number of hydrogen-bond acceptors (Lipinski definition) is 5. The zero-order valence-electron chi connectivity index (χ0n) is 12.2. The van der Waals surface area contributed by atoms with E-state index < -0.39 is 0 Å². The summed E-state index contributed by atoms with van der Waals surface area (Å²) in [5.41, 5.74) is 5.92. The number of nitrogen functional groups attached to an aromatic ring is 1. The molecular formula is C14H25N3OS. The van der Waals surface area contributed by atoms with Crippen molar-refractivity contribution >= 4 is 22.4 Å². The normalized spacial score (nSPS) is 17.2. The summed E-state index contributed by atoms with van der Waals surface area (Å²) in [5.74, 6) is 2.21. The van der Waals surface area contributed by atoms with Crippen LogP contribution in [0.2, 0.25) is 0 Å².